The molecule has 6 heteroatoms. The van der Waals surface area contributed by atoms with Gasteiger partial charge in [0.25, 0.3) is 10.0 Å². The largest absolute Gasteiger partial charge is 0.319 e. The quantitative estimate of drug-likeness (QED) is 0.636. The van der Waals surface area contributed by atoms with Crippen molar-refractivity contribution in [1.29, 1.82) is 0 Å². The van der Waals surface area contributed by atoms with Crippen LogP contribution in [-0.4, -0.2) is 63.2 Å². The molecular weight excluding hydrogens is 370 g/mol. The van der Waals surface area contributed by atoms with E-state index in [1.54, 1.807) is 4.31 Å². The smallest absolute Gasteiger partial charge is 0.266 e. The zero-order valence-corrected chi connectivity index (χ0v) is 18.4. The van der Waals surface area contributed by atoms with Crippen LogP contribution in [0.15, 0.2) is 29.2 Å². The van der Waals surface area contributed by atoms with Gasteiger partial charge in [-0.2, -0.15) is 0 Å². The molecule has 0 aliphatic carbocycles. The fourth-order valence-corrected chi connectivity index (χ4v) is 7.77. The van der Waals surface area contributed by atoms with E-state index in [-0.39, 0.29) is 0 Å². The molecule has 2 aromatic rings. The monoisotopic (exact) mass is 401 g/mol. The number of likely N-dealkylation sites (N-methyl/N-ethyl adjacent to an activating group) is 1. The summed E-state index contributed by atoms with van der Waals surface area (Å²) in [5, 5.41) is 2.00. The highest BCUT2D eigenvalue weighted by atomic mass is 32.2. The summed E-state index contributed by atoms with van der Waals surface area (Å²) < 4.78 is 31.2. The third-order valence-corrected chi connectivity index (χ3v) is 9.17. The minimum Gasteiger partial charge on any atom is -0.319 e. The molecule has 0 unspecified atom stereocenters. The summed E-state index contributed by atoms with van der Waals surface area (Å²) in [4.78, 5) is 0.597. The highest BCUT2D eigenvalue weighted by Gasteiger charge is 2.49. The van der Waals surface area contributed by atoms with E-state index >= 15 is 0 Å². The maximum absolute atomic E-state index is 13.8. The molecular formula is C22H31N3O2S+2. The Labute approximate surface area is 168 Å². The van der Waals surface area contributed by atoms with E-state index in [4.69, 9.17) is 0 Å². The number of sulfonamides is 1. The fraction of sp³-hybridized carbons (Fsp3) is 0.545. The van der Waals surface area contributed by atoms with Gasteiger partial charge in [-0.3, -0.25) is 4.31 Å². The van der Waals surface area contributed by atoms with Crippen molar-refractivity contribution in [3.05, 3.63) is 35.4 Å². The first-order chi connectivity index (χ1) is 12.9. The van der Waals surface area contributed by atoms with Crippen LogP contribution in [-0.2, 0) is 23.1 Å². The fourth-order valence-electron chi connectivity index (χ4n) is 5.47. The van der Waals surface area contributed by atoms with Crippen molar-refractivity contribution in [2.75, 3.05) is 44.6 Å². The zero-order valence-electron chi connectivity index (χ0n) is 17.6. The molecule has 3 aliphatic rings. The molecule has 0 aromatic heterocycles. The van der Waals surface area contributed by atoms with Crippen molar-refractivity contribution in [2.24, 2.45) is 0 Å². The summed E-state index contributed by atoms with van der Waals surface area (Å²) in [6.45, 7) is 12.3. The standard InChI is InChI=1S/C22H31N3O2S/c1-22(2,3)23-19-8-6-7-16-13-17-14-25(11-9-24(4,5)10-12-25)15-18(17)21(20(16)19)28(23,26)27/h6-8,13H,9-12,14-15H2,1-5H3/q+2. The topological polar surface area (TPSA) is 37.4 Å². The molecule has 5 nitrogen and oxygen atoms in total. The molecule has 28 heavy (non-hydrogen) atoms. The van der Waals surface area contributed by atoms with Crippen LogP contribution in [0.4, 0.5) is 5.69 Å². The number of nitrogens with zero attached hydrogens (tertiary/aromatic N) is 3. The number of anilines is 1. The molecule has 0 radical (unpaired) electrons. The molecule has 1 saturated heterocycles. The Morgan fingerprint density at radius 2 is 1.68 bits per heavy atom. The predicted octanol–water partition coefficient (Wildman–Crippen LogP) is 3.07. The van der Waals surface area contributed by atoms with Crippen LogP contribution in [0, 0.1) is 0 Å². The third kappa shape index (κ3) is 2.41. The Kier molecular flexibility index (Phi) is 3.48. The van der Waals surface area contributed by atoms with E-state index in [0.29, 0.717) is 4.90 Å². The van der Waals surface area contributed by atoms with Crippen LogP contribution in [0.25, 0.3) is 10.8 Å². The number of hydrogen-bond donors (Lipinski definition) is 0. The Morgan fingerprint density at radius 3 is 2.32 bits per heavy atom. The maximum Gasteiger partial charge on any atom is 0.266 e. The molecule has 2 aromatic carbocycles. The van der Waals surface area contributed by atoms with Crippen LogP contribution < -0.4 is 4.31 Å². The highest BCUT2D eigenvalue weighted by Crippen LogP contribution is 2.50. The lowest BCUT2D eigenvalue weighted by molar-refractivity contribution is -1.03. The first-order valence-corrected chi connectivity index (χ1v) is 11.7. The summed E-state index contributed by atoms with van der Waals surface area (Å²) in [6.07, 6.45) is 0. The lowest BCUT2D eigenvalue weighted by Crippen LogP contribution is -2.61. The normalized spacial score (nSPS) is 24.1. The average Bonchev–Trinajstić information content (AvgIpc) is 3.04. The molecule has 0 atom stereocenters. The van der Waals surface area contributed by atoms with Crippen LogP contribution in [0.2, 0.25) is 0 Å². The van der Waals surface area contributed by atoms with E-state index < -0.39 is 15.6 Å². The molecule has 5 rings (SSSR count). The number of piperazine rings is 1. The first kappa shape index (κ1) is 18.4. The van der Waals surface area contributed by atoms with Gasteiger partial charge in [0.15, 0.2) is 0 Å². The second-order valence-electron chi connectivity index (χ2n) is 10.6. The van der Waals surface area contributed by atoms with Gasteiger partial charge in [-0.25, -0.2) is 8.42 Å². The number of fused-ring (bicyclic) bond motifs is 2. The van der Waals surface area contributed by atoms with Gasteiger partial charge in [-0.05, 0) is 38.3 Å². The van der Waals surface area contributed by atoms with Gasteiger partial charge in [0.1, 0.15) is 44.2 Å². The minimum absolute atomic E-state index is 0.490. The molecule has 1 spiro atoms. The highest BCUT2D eigenvalue weighted by molar-refractivity contribution is 7.93. The minimum atomic E-state index is -3.54. The number of quaternary nitrogens is 2. The van der Waals surface area contributed by atoms with E-state index in [2.05, 4.69) is 26.2 Å². The van der Waals surface area contributed by atoms with Crippen LogP contribution >= 0.6 is 0 Å². The Hall–Kier alpha value is -1.63. The first-order valence-electron chi connectivity index (χ1n) is 10.2. The summed E-state index contributed by atoms with van der Waals surface area (Å²) in [5.74, 6) is 0. The van der Waals surface area contributed by atoms with Crippen molar-refractivity contribution in [3.63, 3.8) is 0 Å². The SMILES string of the molecule is CC(C)(C)N1c2cccc3cc4c(c(c23)S1(=O)=O)C[N+]1(CC[N+](C)(C)CC1)C4. The van der Waals surface area contributed by atoms with E-state index in [1.807, 2.05) is 32.9 Å². The van der Waals surface area contributed by atoms with Gasteiger partial charge >= 0.3 is 0 Å². The van der Waals surface area contributed by atoms with Crippen molar-refractivity contribution < 1.29 is 17.4 Å². The summed E-state index contributed by atoms with van der Waals surface area (Å²) >= 11 is 0. The zero-order chi connectivity index (χ0) is 20.1. The van der Waals surface area contributed by atoms with Gasteiger partial charge in [0.05, 0.1) is 19.8 Å². The van der Waals surface area contributed by atoms with Crippen LogP contribution in [0.5, 0.6) is 0 Å². The van der Waals surface area contributed by atoms with Gasteiger partial charge < -0.3 is 8.97 Å². The Morgan fingerprint density at radius 1 is 1.00 bits per heavy atom. The molecule has 0 saturated carbocycles. The lowest BCUT2D eigenvalue weighted by atomic mass is 10.00. The summed E-state index contributed by atoms with van der Waals surface area (Å²) in [5.41, 5.74) is 2.68. The maximum atomic E-state index is 13.8. The van der Waals surface area contributed by atoms with Crippen molar-refractivity contribution in [3.8, 4) is 0 Å². The van der Waals surface area contributed by atoms with Gasteiger partial charge in [0, 0.05) is 22.1 Å². The second kappa shape index (κ2) is 5.29. The van der Waals surface area contributed by atoms with E-state index in [1.165, 1.54) is 5.56 Å². The van der Waals surface area contributed by atoms with Crippen molar-refractivity contribution >= 4 is 26.5 Å². The van der Waals surface area contributed by atoms with Gasteiger partial charge in [-0.1, -0.05) is 12.1 Å². The van der Waals surface area contributed by atoms with Crippen LogP contribution in [0.1, 0.15) is 31.9 Å². The van der Waals surface area contributed by atoms with Crippen molar-refractivity contribution in [2.45, 2.75) is 44.3 Å². The predicted molar refractivity (Wildman–Crippen MR) is 113 cm³/mol. The van der Waals surface area contributed by atoms with E-state index in [9.17, 15) is 8.42 Å². The lowest BCUT2D eigenvalue weighted by Gasteiger charge is -2.44. The van der Waals surface area contributed by atoms with E-state index in [0.717, 1.165) is 70.3 Å². The second-order valence-corrected chi connectivity index (χ2v) is 12.4. The number of rotatable bonds is 0. The molecule has 1 fully saturated rings. The molecule has 0 bridgehead atoms. The molecule has 150 valence electrons. The molecule has 0 N–H and O–H groups in total. The molecule has 0 amide bonds. The average molecular weight is 402 g/mol. The van der Waals surface area contributed by atoms with Crippen LogP contribution in [0.3, 0.4) is 0 Å². The molecule has 3 aliphatic heterocycles. The van der Waals surface area contributed by atoms with Gasteiger partial charge in [0.2, 0.25) is 0 Å². The van der Waals surface area contributed by atoms with Gasteiger partial charge in [-0.15, -0.1) is 0 Å². The molecule has 3 heterocycles. The Balaban J connectivity index is 1.70. The third-order valence-electron chi connectivity index (χ3n) is 6.98. The summed E-state index contributed by atoms with van der Waals surface area (Å²) in [7, 11) is 1.05. The summed E-state index contributed by atoms with van der Waals surface area (Å²) in [6, 6.07) is 8.30. The Bertz CT molecular complexity index is 1100. The number of hydrogen-bond acceptors (Lipinski definition) is 2. The number of benzene rings is 2. The van der Waals surface area contributed by atoms with Crippen molar-refractivity contribution in [1.82, 2.24) is 0 Å².